The molecular formula is C9H10F3N3. The summed E-state index contributed by atoms with van der Waals surface area (Å²) in [5.74, 6) is 0. The number of rotatable bonds is 3. The van der Waals surface area contributed by atoms with E-state index >= 15 is 0 Å². The second kappa shape index (κ2) is 4.34. The Hall–Kier alpha value is -1.51. The van der Waals surface area contributed by atoms with Gasteiger partial charge in [-0.2, -0.15) is 23.5 Å². The van der Waals surface area contributed by atoms with Crippen molar-refractivity contribution in [2.24, 2.45) is 0 Å². The number of halogens is 3. The van der Waals surface area contributed by atoms with E-state index < -0.39 is 11.7 Å². The van der Waals surface area contributed by atoms with Crippen molar-refractivity contribution in [2.75, 3.05) is 0 Å². The van der Waals surface area contributed by atoms with E-state index in [9.17, 15) is 13.2 Å². The maximum Gasteiger partial charge on any atom is 0.419 e. The molecule has 0 aliphatic heterocycles. The van der Waals surface area contributed by atoms with Gasteiger partial charge < -0.3 is 0 Å². The highest BCUT2D eigenvalue weighted by molar-refractivity contribution is 5.09. The fourth-order valence-electron chi connectivity index (χ4n) is 1.21. The van der Waals surface area contributed by atoms with Gasteiger partial charge in [0, 0.05) is 6.20 Å². The largest absolute Gasteiger partial charge is 0.419 e. The molecule has 0 spiro atoms. The summed E-state index contributed by atoms with van der Waals surface area (Å²) in [6, 6.07) is 1.64. The van der Waals surface area contributed by atoms with E-state index in [0.717, 1.165) is 12.4 Å². The lowest BCUT2D eigenvalue weighted by Crippen LogP contribution is -2.08. The van der Waals surface area contributed by atoms with Crippen LogP contribution in [0.15, 0.2) is 12.4 Å². The third-order valence-electron chi connectivity index (χ3n) is 2.10. The zero-order valence-corrected chi connectivity index (χ0v) is 8.12. The van der Waals surface area contributed by atoms with Crippen LogP contribution in [-0.4, -0.2) is 9.78 Å². The van der Waals surface area contributed by atoms with Crippen molar-refractivity contribution in [1.82, 2.24) is 9.78 Å². The number of nitriles is 1. The summed E-state index contributed by atoms with van der Waals surface area (Å²) >= 11 is 0. The molecule has 15 heavy (non-hydrogen) atoms. The molecule has 0 amide bonds. The average molecular weight is 217 g/mol. The zero-order valence-electron chi connectivity index (χ0n) is 8.12. The first-order valence-electron chi connectivity index (χ1n) is 4.47. The SMILES string of the molecule is CCC(CC#N)n1cc(C(F)(F)F)cn1. The molecule has 1 aromatic rings. The molecule has 0 bridgehead atoms. The molecule has 0 fully saturated rings. The first-order chi connectivity index (χ1) is 6.99. The average Bonchev–Trinajstić information content (AvgIpc) is 2.62. The van der Waals surface area contributed by atoms with Crippen molar-refractivity contribution < 1.29 is 13.2 Å². The van der Waals surface area contributed by atoms with E-state index in [0.29, 0.717) is 6.42 Å². The van der Waals surface area contributed by atoms with E-state index in [-0.39, 0.29) is 12.5 Å². The zero-order chi connectivity index (χ0) is 11.5. The van der Waals surface area contributed by atoms with Crippen LogP contribution in [0.1, 0.15) is 31.4 Å². The number of nitrogens with zero attached hydrogens (tertiary/aromatic N) is 3. The minimum atomic E-state index is -4.37. The van der Waals surface area contributed by atoms with E-state index in [1.165, 1.54) is 4.68 Å². The third-order valence-corrected chi connectivity index (χ3v) is 2.10. The van der Waals surface area contributed by atoms with E-state index in [2.05, 4.69) is 5.10 Å². The molecule has 0 N–H and O–H groups in total. The second-order valence-electron chi connectivity index (χ2n) is 3.13. The van der Waals surface area contributed by atoms with Crippen molar-refractivity contribution >= 4 is 0 Å². The van der Waals surface area contributed by atoms with E-state index in [1.807, 2.05) is 6.07 Å². The summed E-state index contributed by atoms with van der Waals surface area (Å²) in [6.07, 6.45) is -1.92. The van der Waals surface area contributed by atoms with Gasteiger partial charge in [-0.25, -0.2) is 0 Å². The van der Waals surface area contributed by atoms with Crippen LogP contribution in [0.4, 0.5) is 13.2 Å². The molecule has 0 aliphatic carbocycles. The van der Waals surface area contributed by atoms with Crippen LogP contribution in [-0.2, 0) is 6.18 Å². The number of alkyl halides is 3. The topological polar surface area (TPSA) is 41.6 Å². The Labute approximate surface area is 85.1 Å². The highest BCUT2D eigenvalue weighted by Gasteiger charge is 2.32. The van der Waals surface area contributed by atoms with Crippen molar-refractivity contribution in [3.05, 3.63) is 18.0 Å². The molecule has 1 atom stereocenters. The van der Waals surface area contributed by atoms with Gasteiger partial charge in [0.05, 0.1) is 30.3 Å². The van der Waals surface area contributed by atoms with Crippen molar-refractivity contribution in [2.45, 2.75) is 32.0 Å². The Kier molecular flexibility index (Phi) is 3.35. The lowest BCUT2D eigenvalue weighted by Gasteiger charge is -2.10. The Balaban J connectivity index is 2.88. The highest BCUT2D eigenvalue weighted by atomic mass is 19.4. The molecule has 3 nitrogen and oxygen atoms in total. The molecular weight excluding hydrogens is 207 g/mol. The maximum absolute atomic E-state index is 12.2. The molecule has 1 aromatic heterocycles. The molecule has 0 aliphatic rings. The summed E-state index contributed by atoms with van der Waals surface area (Å²) < 4.78 is 37.9. The second-order valence-corrected chi connectivity index (χ2v) is 3.13. The molecule has 6 heteroatoms. The Morgan fingerprint density at radius 2 is 2.27 bits per heavy atom. The van der Waals surface area contributed by atoms with Gasteiger partial charge in [-0.3, -0.25) is 4.68 Å². The summed E-state index contributed by atoms with van der Waals surface area (Å²) in [4.78, 5) is 0. The number of hydrogen-bond acceptors (Lipinski definition) is 2. The highest BCUT2D eigenvalue weighted by Crippen LogP contribution is 2.29. The van der Waals surface area contributed by atoms with Gasteiger partial charge in [0.15, 0.2) is 0 Å². The third kappa shape index (κ3) is 2.72. The minimum absolute atomic E-state index is 0.162. The van der Waals surface area contributed by atoms with Crippen LogP contribution >= 0.6 is 0 Å². The Morgan fingerprint density at radius 1 is 1.60 bits per heavy atom. The van der Waals surface area contributed by atoms with Gasteiger partial charge in [0.1, 0.15) is 0 Å². The van der Waals surface area contributed by atoms with Gasteiger partial charge in [-0.15, -0.1) is 0 Å². The van der Waals surface area contributed by atoms with Gasteiger partial charge in [-0.05, 0) is 6.42 Å². The number of aromatic nitrogens is 2. The first-order valence-corrected chi connectivity index (χ1v) is 4.47. The van der Waals surface area contributed by atoms with Crippen molar-refractivity contribution in [3.8, 4) is 6.07 Å². The van der Waals surface area contributed by atoms with Gasteiger partial charge in [0.2, 0.25) is 0 Å². The minimum Gasteiger partial charge on any atom is -0.268 e. The summed E-state index contributed by atoms with van der Waals surface area (Å²) in [5, 5.41) is 12.1. The molecule has 0 saturated carbocycles. The first kappa shape index (κ1) is 11.6. The van der Waals surface area contributed by atoms with Gasteiger partial charge in [-0.1, -0.05) is 6.92 Å². The molecule has 0 aromatic carbocycles. The van der Waals surface area contributed by atoms with Gasteiger partial charge in [0.25, 0.3) is 0 Å². The van der Waals surface area contributed by atoms with Crippen LogP contribution < -0.4 is 0 Å². The Morgan fingerprint density at radius 3 is 2.67 bits per heavy atom. The normalized spacial score (nSPS) is 13.5. The molecule has 0 saturated heterocycles. The molecule has 1 unspecified atom stereocenters. The molecule has 1 heterocycles. The van der Waals surface area contributed by atoms with E-state index in [4.69, 9.17) is 5.26 Å². The Bertz CT molecular complexity index is 361. The lowest BCUT2D eigenvalue weighted by atomic mass is 10.2. The quantitative estimate of drug-likeness (QED) is 0.781. The summed E-state index contributed by atoms with van der Waals surface area (Å²) in [5.41, 5.74) is -0.779. The van der Waals surface area contributed by atoms with Crippen LogP contribution in [0.3, 0.4) is 0 Å². The fourth-order valence-corrected chi connectivity index (χ4v) is 1.21. The van der Waals surface area contributed by atoms with E-state index in [1.54, 1.807) is 6.92 Å². The maximum atomic E-state index is 12.2. The predicted molar refractivity (Wildman–Crippen MR) is 46.8 cm³/mol. The van der Waals surface area contributed by atoms with Crippen molar-refractivity contribution in [1.29, 1.82) is 5.26 Å². The standard InChI is InChI=1S/C9H10F3N3/c1-2-8(3-4-13)15-6-7(5-14-15)9(10,11)12/h5-6,8H,2-3H2,1H3. The van der Waals surface area contributed by atoms with Crippen molar-refractivity contribution in [3.63, 3.8) is 0 Å². The van der Waals surface area contributed by atoms with Crippen LogP contribution in [0.2, 0.25) is 0 Å². The monoisotopic (exact) mass is 217 g/mol. The predicted octanol–water partition coefficient (Wildman–Crippen LogP) is 2.77. The molecule has 1 rings (SSSR count). The fraction of sp³-hybridized carbons (Fsp3) is 0.556. The van der Waals surface area contributed by atoms with Crippen LogP contribution in [0.5, 0.6) is 0 Å². The summed E-state index contributed by atoms with van der Waals surface area (Å²) in [7, 11) is 0. The lowest BCUT2D eigenvalue weighted by molar-refractivity contribution is -0.137. The number of hydrogen-bond donors (Lipinski definition) is 0. The molecule has 82 valence electrons. The van der Waals surface area contributed by atoms with Crippen LogP contribution in [0, 0.1) is 11.3 Å². The molecule has 0 radical (unpaired) electrons. The summed E-state index contributed by atoms with van der Waals surface area (Å²) in [6.45, 7) is 1.80. The van der Waals surface area contributed by atoms with Crippen LogP contribution in [0.25, 0.3) is 0 Å². The smallest absolute Gasteiger partial charge is 0.268 e. The van der Waals surface area contributed by atoms with Gasteiger partial charge >= 0.3 is 6.18 Å².